The van der Waals surface area contributed by atoms with Gasteiger partial charge in [0.25, 0.3) is 0 Å². The molecule has 1 aromatic heterocycles. The van der Waals surface area contributed by atoms with Crippen molar-refractivity contribution in [2.24, 2.45) is 5.10 Å². The van der Waals surface area contributed by atoms with Crippen molar-refractivity contribution in [3.05, 3.63) is 48.2 Å². The second-order valence-corrected chi connectivity index (χ2v) is 4.49. The van der Waals surface area contributed by atoms with Crippen LogP contribution < -0.4 is 10.7 Å². The molecule has 19 heavy (non-hydrogen) atoms. The monoisotopic (exact) mass is 272 g/mol. The van der Waals surface area contributed by atoms with Crippen molar-refractivity contribution in [2.75, 3.05) is 6.54 Å². The number of hydrazone groups is 1. The number of aryl methyl sites for hydroxylation is 1. The number of rotatable bonds is 4. The lowest BCUT2D eigenvalue weighted by Crippen LogP contribution is -2.31. The zero-order valence-corrected chi connectivity index (χ0v) is 11.6. The van der Waals surface area contributed by atoms with Gasteiger partial charge in [0, 0.05) is 28.7 Å². The molecule has 0 amide bonds. The molecule has 1 heterocycles. The molecule has 2 aromatic rings. The number of benzene rings is 1. The van der Waals surface area contributed by atoms with Crippen molar-refractivity contribution >= 4 is 34.4 Å². The molecule has 0 atom stereocenters. The second kappa shape index (κ2) is 6.15. The Bertz CT molecular complexity index is 627. The zero-order valence-electron chi connectivity index (χ0n) is 10.7. The SMILES string of the molecule is C=CCNC(=S)N/N=C/c1c(C)[nH]c2ccccc12. The zero-order chi connectivity index (χ0) is 13.7. The minimum Gasteiger partial charge on any atom is -0.358 e. The highest BCUT2D eigenvalue weighted by molar-refractivity contribution is 7.80. The number of aromatic nitrogens is 1. The Morgan fingerprint density at radius 3 is 3.05 bits per heavy atom. The minimum atomic E-state index is 0.480. The van der Waals surface area contributed by atoms with E-state index < -0.39 is 0 Å². The van der Waals surface area contributed by atoms with Crippen molar-refractivity contribution in [1.82, 2.24) is 15.7 Å². The van der Waals surface area contributed by atoms with Crippen LogP contribution in [-0.2, 0) is 0 Å². The summed E-state index contributed by atoms with van der Waals surface area (Å²) in [5, 5.41) is 8.72. The highest BCUT2D eigenvalue weighted by Gasteiger charge is 2.04. The van der Waals surface area contributed by atoms with E-state index in [9.17, 15) is 0 Å². The summed E-state index contributed by atoms with van der Waals surface area (Å²) >= 11 is 5.05. The lowest BCUT2D eigenvalue weighted by Gasteiger charge is -2.03. The molecule has 0 saturated carbocycles. The van der Waals surface area contributed by atoms with Gasteiger partial charge in [0.2, 0.25) is 0 Å². The van der Waals surface area contributed by atoms with E-state index in [1.165, 1.54) is 0 Å². The highest BCUT2D eigenvalue weighted by atomic mass is 32.1. The van der Waals surface area contributed by atoms with Crippen molar-refractivity contribution in [2.45, 2.75) is 6.92 Å². The van der Waals surface area contributed by atoms with E-state index in [0.717, 1.165) is 22.2 Å². The molecule has 1 aromatic carbocycles. The Morgan fingerprint density at radius 2 is 2.26 bits per heavy atom. The van der Waals surface area contributed by atoms with Crippen LogP contribution in [0.1, 0.15) is 11.3 Å². The van der Waals surface area contributed by atoms with Gasteiger partial charge in [-0.05, 0) is 25.2 Å². The van der Waals surface area contributed by atoms with Gasteiger partial charge in [-0.2, -0.15) is 5.10 Å². The molecule has 0 aliphatic rings. The van der Waals surface area contributed by atoms with Crippen molar-refractivity contribution in [3.63, 3.8) is 0 Å². The number of para-hydroxylation sites is 1. The van der Waals surface area contributed by atoms with E-state index >= 15 is 0 Å². The van der Waals surface area contributed by atoms with Gasteiger partial charge in [-0.15, -0.1) is 6.58 Å². The summed E-state index contributed by atoms with van der Waals surface area (Å²) in [4.78, 5) is 3.32. The van der Waals surface area contributed by atoms with Gasteiger partial charge < -0.3 is 10.3 Å². The third kappa shape index (κ3) is 3.20. The van der Waals surface area contributed by atoms with Gasteiger partial charge in [-0.3, -0.25) is 5.43 Å². The fourth-order valence-electron chi connectivity index (χ4n) is 1.82. The van der Waals surface area contributed by atoms with E-state index in [0.29, 0.717) is 11.7 Å². The quantitative estimate of drug-likeness (QED) is 0.347. The van der Waals surface area contributed by atoms with Gasteiger partial charge in [-0.1, -0.05) is 24.3 Å². The summed E-state index contributed by atoms with van der Waals surface area (Å²) in [6.07, 6.45) is 3.51. The molecule has 0 aliphatic carbocycles. The molecular weight excluding hydrogens is 256 g/mol. The summed E-state index contributed by atoms with van der Waals surface area (Å²) in [5.74, 6) is 0. The first-order chi connectivity index (χ1) is 9.22. The van der Waals surface area contributed by atoms with E-state index in [2.05, 4.69) is 33.5 Å². The Hall–Kier alpha value is -2.14. The molecule has 0 aliphatic heterocycles. The lowest BCUT2D eigenvalue weighted by atomic mass is 10.1. The molecule has 0 spiro atoms. The second-order valence-electron chi connectivity index (χ2n) is 4.08. The van der Waals surface area contributed by atoms with Crippen LogP contribution in [0.25, 0.3) is 10.9 Å². The van der Waals surface area contributed by atoms with Crippen LogP contribution in [0.3, 0.4) is 0 Å². The van der Waals surface area contributed by atoms with E-state index in [1.807, 2.05) is 25.1 Å². The summed E-state index contributed by atoms with van der Waals surface area (Å²) < 4.78 is 0. The number of aromatic amines is 1. The summed E-state index contributed by atoms with van der Waals surface area (Å²) in [7, 11) is 0. The molecule has 0 bridgehead atoms. The minimum absolute atomic E-state index is 0.480. The summed E-state index contributed by atoms with van der Waals surface area (Å²) in [6, 6.07) is 8.13. The molecule has 2 rings (SSSR count). The molecular formula is C14H16N4S. The third-order valence-corrected chi connectivity index (χ3v) is 2.95. The molecule has 3 N–H and O–H groups in total. The summed E-state index contributed by atoms with van der Waals surface area (Å²) in [6.45, 7) is 6.25. The van der Waals surface area contributed by atoms with Gasteiger partial charge in [0.15, 0.2) is 5.11 Å². The molecule has 0 radical (unpaired) electrons. The molecule has 98 valence electrons. The van der Waals surface area contributed by atoms with Crippen LogP contribution >= 0.6 is 12.2 Å². The molecule has 4 nitrogen and oxygen atoms in total. The predicted octanol–water partition coefficient (Wildman–Crippen LogP) is 2.46. The molecule has 0 unspecified atom stereocenters. The molecule has 5 heteroatoms. The van der Waals surface area contributed by atoms with Crippen LogP contribution in [0.5, 0.6) is 0 Å². The Balaban J connectivity index is 2.10. The third-order valence-electron chi connectivity index (χ3n) is 2.71. The number of nitrogens with one attached hydrogen (secondary N) is 3. The average molecular weight is 272 g/mol. The van der Waals surface area contributed by atoms with Gasteiger partial charge >= 0.3 is 0 Å². The largest absolute Gasteiger partial charge is 0.358 e. The van der Waals surface area contributed by atoms with Gasteiger partial charge in [0.1, 0.15) is 0 Å². The first-order valence-electron chi connectivity index (χ1n) is 5.97. The van der Waals surface area contributed by atoms with Crippen LogP contribution in [0.2, 0.25) is 0 Å². The van der Waals surface area contributed by atoms with E-state index in [1.54, 1.807) is 12.3 Å². The fraction of sp³-hybridized carbons (Fsp3) is 0.143. The number of fused-ring (bicyclic) bond motifs is 1. The van der Waals surface area contributed by atoms with Crippen LogP contribution in [0, 0.1) is 6.92 Å². The lowest BCUT2D eigenvalue weighted by molar-refractivity contribution is 0.941. The van der Waals surface area contributed by atoms with Crippen molar-refractivity contribution < 1.29 is 0 Å². The fourth-order valence-corrected chi connectivity index (χ4v) is 1.96. The number of hydrogen-bond acceptors (Lipinski definition) is 2. The number of thiocarbonyl (C=S) groups is 1. The van der Waals surface area contributed by atoms with Crippen molar-refractivity contribution in [1.29, 1.82) is 0 Å². The number of nitrogens with zero attached hydrogens (tertiary/aromatic N) is 1. The maximum absolute atomic E-state index is 5.05. The topological polar surface area (TPSA) is 52.2 Å². The van der Waals surface area contributed by atoms with Crippen LogP contribution in [0.15, 0.2) is 42.0 Å². The van der Waals surface area contributed by atoms with Gasteiger partial charge in [0.05, 0.1) is 6.21 Å². The average Bonchev–Trinajstić information content (AvgIpc) is 2.73. The predicted molar refractivity (Wildman–Crippen MR) is 84.6 cm³/mol. The molecule has 0 fully saturated rings. The molecule has 0 saturated heterocycles. The summed E-state index contributed by atoms with van der Waals surface area (Å²) in [5.41, 5.74) is 6.03. The maximum atomic E-state index is 5.05. The van der Waals surface area contributed by atoms with E-state index in [-0.39, 0.29) is 0 Å². The number of hydrogen-bond donors (Lipinski definition) is 3. The smallest absolute Gasteiger partial charge is 0.187 e. The normalized spacial score (nSPS) is 10.8. The van der Waals surface area contributed by atoms with Crippen molar-refractivity contribution in [3.8, 4) is 0 Å². The Kier molecular flexibility index (Phi) is 4.30. The first-order valence-corrected chi connectivity index (χ1v) is 6.38. The number of H-pyrrole nitrogens is 1. The first kappa shape index (κ1) is 13.3. The Morgan fingerprint density at radius 1 is 1.47 bits per heavy atom. The maximum Gasteiger partial charge on any atom is 0.187 e. The highest BCUT2D eigenvalue weighted by Crippen LogP contribution is 2.19. The van der Waals surface area contributed by atoms with Gasteiger partial charge in [-0.25, -0.2) is 0 Å². The Labute approximate surface area is 117 Å². The van der Waals surface area contributed by atoms with Crippen LogP contribution in [0.4, 0.5) is 0 Å². The van der Waals surface area contributed by atoms with Crippen LogP contribution in [-0.4, -0.2) is 22.9 Å². The van der Waals surface area contributed by atoms with E-state index in [4.69, 9.17) is 12.2 Å². The standard InChI is InChI=1S/C14H16N4S/c1-3-8-15-14(19)18-16-9-12-10(2)17-13-7-5-4-6-11(12)13/h3-7,9,17H,1,8H2,2H3,(H2,15,18,19)/b16-9+.